The van der Waals surface area contributed by atoms with Crippen molar-refractivity contribution < 1.29 is 14.4 Å². The van der Waals surface area contributed by atoms with Gasteiger partial charge in [-0.2, -0.15) is 0 Å². The van der Waals surface area contributed by atoms with Crippen LogP contribution in [0.4, 0.5) is 5.69 Å². The van der Waals surface area contributed by atoms with E-state index >= 15 is 0 Å². The van der Waals surface area contributed by atoms with Crippen LogP contribution in [-0.4, -0.2) is 36.6 Å². The highest BCUT2D eigenvalue weighted by Crippen LogP contribution is 2.28. The van der Waals surface area contributed by atoms with Crippen molar-refractivity contribution in [3.05, 3.63) is 64.7 Å². The van der Waals surface area contributed by atoms with Crippen molar-refractivity contribution in [2.24, 2.45) is 28.5 Å². The predicted molar refractivity (Wildman–Crippen MR) is 130 cm³/mol. The molecule has 7 nitrogen and oxygen atoms in total. The maximum absolute atomic E-state index is 13.3. The Bertz CT molecular complexity index is 1080. The first kappa shape index (κ1) is 24.5. The number of nitrogens with zero attached hydrogens (tertiary/aromatic N) is 2. The van der Waals surface area contributed by atoms with E-state index in [-0.39, 0.29) is 11.8 Å². The average Bonchev–Trinajstić information content (AvgIpc) is 2.88. The van der Waals surface area contributed by atoms with Crippen LogP contribution < -0.4 is 16.0 Å². The number of aliphatic imine (C=N–C) groups is 1. The number of likely N-dealkylation sites (N-methyl/N-ethyl adjacent to an activating group) is 1. The molecule has 0 spiro atoms. The summed E-state index contributed by atoms with van der Waals surface area (Å²) >= 11 is 6.06. The number of fused-ring (bicyclic) bond motifs is 1. The number of anilines is 1. The number of para-hydroxylation sites is 1. The Morgan fingerprint density at radius 3 is 2.36 bits per heavy atom. The van der Waals surface area contributed by atoms with Crippen molar-refractivity contribution >= 4 is 40.7 Å². The first-order chi connectivity index (χ1) is 15.6. The highest BCUT2D eigenvalue weighted by molar-refractivity contribution is 6.30. The van der Waals surface area contributed by atoms with E-state index in [1.807, 2.05) is 50.2 Å². The minimum Gasteiger partial charge on any atom is -0.369 e. The summed E-state index contributed by atoms with van der Waals surface area (Å²) in [4.78, 5) is 44.6. The molecule has 0 saturated heterocycles. The maximum atomic E-state index is 13.3. The van der Waals surface area contributed by atoms with Crippen molar-refractivity contribution in [1.82, 2.24) is 5.32 Å². The van der Waals surface area contributed by atoms with Crippen LogP contribution in [0.2, 0.25) is 5.02 Å². The number of benzene rings is 2. The molecule has 1 aliphatic rings. The quantitative estimate of drug-likeness (QED) is 0.650. The molecule has 3 atom stereocenters. The van der Waals surface area contributed by atoms with Gasteiger partial charge in [-0.05, 0) is 30.5 Å². The number of hydrogen-bond acceptors (Lipinski definition) is 4. The number of hydrogen-bond donors (Lipinski definition) is 2. The third-order valence-corrected chi connectivity index (χ3v) is 6.11. The van der Waals surface area contributed by atoms with Crippen molar-refractivity contribution in [3.8, 4) is 0 Å². The minimum atomic E-state index is -1.16. The molecular weight excluding hydrogens is 440 g/mol. The molecule has 3 N–H and O–H groups in total. The van der Waals surface area contributed by atoms with Crippen LogP contribution in [0, 0.1) is 17.8 Å². The zero-order chi connectivity index (χ0) is 24.3. The summed E-state index contributed by atoms with van der Waals surface area (Å²) in [6.07, 6.45) is -0.698. The summed E-state index contributed by atoms with van der Waals surface area (Å²) in [7, 11) is 1.65. The second kappa shape index (κ2) is 10.2. The standard InChI is InChI=1S/C25H29ClN4O3/c1-14(2)13-19(15(3)22(27)31)24(32)29-23-25(33)30(4)20-8-6-5-7-18(20)21(28-23)16-9-11-17(26)12-10-16/h5-12,14-15,19,23H,13H2,1-4H3,(H2,27,31)(H,29,32)/t15-,19+,23+/m0/s1. The van der Waals surface area contributed by atoms with Gasteiger partial charge in [0.15, 0.2) is 0 Å². The average molecular weight is 469 g/mol. The normalized spacial score (nSPS) is 17.6. The Hall–Kier alpha value is -3.19. The largest absolute Gasteiger partial charge is 0.369 e. The van der Waals surface area contributed by atoms with Gasteiger partial charge < -0.3 is 16.0 Å². The molecule has 0 radical (unpaired) electrons. The van der Waals surface area contributed by atoms with Gasteiger partial charge in [0.2, 0.25) is 18.0 Å². The molecule has 174 valence electrons. The minimum absolute atomic E-state index is 0.160. The lowest BCUT2D eigenvalue weighted by molar-refractivity contribution is -0.135. The van der Waals surface area contributed by atoms with Gasteiger partial charge in [-0.1, -0.05) is 62.7 Å². The van der Waals surface area contributed by atoms with Gasteiger partial charge in [-0.25, -0.2) is 4.99 Å². The molecule has 2 aromatic carbocycles. The molecule has 33 heavy (non-hydrogen) atoms. The van der Waals surface area contributed by atoms with E-state index in [0.29, 0.717) is 22.8 Å². The Kier molecular flexibility index (Phi) is 7.53. The van der Waals surface area contributed by atoms with Gasteiger partial charge in [-0.15, -0.1) is 0 Å². The van der Waals surface area contributed by atoms with E-state index in [1.54, 1.807) is 26.1 Å². The monoisotopic (exact) mass is 468 g/mol. The third-order valence-electron chi connectivity index (χ3n) is 5.85. The number of benzodiazepines with no additional fused rings is 1. The van der Waals surface area contributed by atoms with E-state index in [0.717, 1.165) is 11.1 Å². The lowest BCUT2D eigenvalue weighted by Crippen LogP contribution is -2.49. The van der Waals surface area contributed by atoms with Crippen LogP contribution in [0.15, 0.2) is 53.5 Å². The first-order valence-corrected chi connectivity index (χ1v) is 11.3. The Morgan fingerprint density at radius 1 is 1.12 bits per heavy atom. The van der Waals surface area contributed by atoms with Gasteiger partial charge in [0.05, 0.1) is 11.4 Å². The molecule has 0 saturated carbocycles. The molecule has 0 unspecified atom stereocenters. The van der Waals surface area contributed by atoms with Gasteiger partial charge in [0.25, 0.3) is 5.91 Å². The highest BCUT2D eigenvalue weighted by Gasteiger charge is 2.35. The van der Waals surface area contributed by atoms with Gasteiger partial charge >= 0.3 is 0 Å². The first-order valence-electron chi connectivity index (χ1n) is 10.9. The number of carbonyl (C=O) groups is 3. The maximum Gasteiger partial charge on any atom is 0.272 e. The molecule has 0 fully saturated rings. The molecule has 3 amide bonds. The summed E-state index contributed by atoms with van der Waals surface area (Å²) in [5, 5.41) is 3.35. The molecule has 0 bridgehead atoms. The van der Waals surface area contributed by atoms with Crippen LogP contribution >= 0.6 is 11.6 Å². The number of carbonyl (C=O) groups excluding carboxylic acids is 3. The molecule has 0 aliphatic carbocycles. The summed E-state index contributed by atoms with van der Waals surface area (Å²) < 4.78 is 0. The van der Waals surface area contributed by atoms with Crippen LogP contribution in [0.25, 0.3) is 0 Å². The van der Waals surface area contributed by atoms with Crippen molar-refractivity contribution in [1.29, 1.82) is 0 Å². The van der Waals surface area contributed by atoms with Crippen molar-refractivity contribution in [2.45, 2.75) is 33.4 Å². The lowest BCUT2D eigenvalue weighted by atomic mass is 9.85. The number of nitrogens with two attached hydrogens (primary N) is 1. The zero-order valence-electron chi connectivity index (χ0n) is 19.2. The number of amides is 3. The Labute approximate surface area is 199 Å². The van der Waals surface area contributed by atoms with Crippen LogP contribution in [-0.2, 0) is 14.4 Å². The molecule has 3 rings (SSSR count). The van der Waals surface area contributed by atoms with Gasteiger partial charge in [0.1, 0.15) is 0 Å². The number of rotatable bonds is 7. The summed E-state index contributed by atoms with van der Waals surface area (Å²) in [6, 6.07) is 14.6. The van der Waals surface area contributed by atoms with Crippen LogP contribution in [0.3, 0.4) is 0 Å². The second-order valence-corrected chi connectivity index (χ2v) is 9.17. The third kappa shape index (κ3) is 5.42. The van der Waals surface area contributed by atoms with Crippen LogP contribution in [0.1, 0.15) is 38.3 Å². The van der Waals surface area contributed by atoms with Gasteiger partial charge in [0, 0.05) is 35.0 Å². The van der Waals surface area contributed by atoms with Crippen molar-refractivity contribution in [3.63, 3.8) is 0 Å². The molecule has 2 aromatic rings. The summed E-state index contributed by atoms with van der Waals surface area (Å²) in [5.41, 5.74) is 8.26. The molecule has 8 heteroatoms. The fourth-order valence-corrected chi connectivity index (χ4v) is 4.07. The topological polar surface area (TPSA) is 105 Å². The van der Waals surface area contributed by atoms with E-state index in [1.165, 1.54) is 4.90 Å². The van der Waals surface area contributed by atoms with E-state index < -0.39 is 29.8 Å². The second-order valence-electron chi connectivity index (χ2n) is 8.74. The SMILES string of the molecule is CC(C)C[C@@H](C(=O)N[C@H]1N=C(c2ccc(Cl)cc2)c2ccccc2N(C)C1=O)[C@H](C)C(N)=O. The molecule has 0 aromatic heterocycles. The predicted octanol–water partition coefficient (Wildman–Crippen LogP) is 3.38. The Morgan fingerprint density at radius 2 is 1.76 bits per heavy atom. The van der Waals surface area contributed by atoms with Gasteiger partial charge in [-0.3, -0.25) is 14.4 Å². The molecule has 1 heterocycles. The summed E-state index contributed by atoms with van der Waals surface area (Å²) in [6.45, 7) is 5.56. The number of halogens is 1. The molecule has 1 aliphatic heterocycles. The fourth-order valence-electron chi connectivity index (χ4n) is 3.94. The Balaban J connectivity index is 2.04. The van der Waals surface area contributed by atoms with Crippen molar-refractivity contribution in [2.75, 3.05) is 11.9 Å². The summed E-state index contributed by atoms with van der Waals surface area (Å²) in [5.74, 6) is -2.55. The highest BCUT2D eigenvalue weighted by atomic mass is 35.5. The molecular formula is C25H29ClN4O3. The zero-order valence-corrected chi connectivity index (χ0v) is 20.0. The van der Waals surface area contributed by atoms with Crippen LogP contribution in [0.5, 0.6) is 0 Å². The van der Waals surface area contributed by atoms with E-state index in [2.05, 4.69) is 10.3 Å². The fraction of sp³-hybridized carbons (Fsp3) is 0.360. The number of nitrogens with one attached hydrogen (secondary N) is 1. The lowest BCUT2D eigenvalue weighted by Gasteiger charge is -2.25. The van der Waals surface area contributed by atoms with E-state index in [9.17, 15) is 14.4 Å². The smallest absolute Gasteiger partial charge is 0.272 e. The van der Waals surface area contributed by atoms with E-state index in [4.69, 9.17) is 17.3 Å². The number of primary amides is 1.